The first-order valence-corrected chi connectivity index (χ1v) is 21.4. The van der Waals surface area contributed by atoms with E-state index < -0.39 is 91.3 Å². The van der Waals surface area contributed by atoms with Gasteiger partial charge in [-0.2, -0.15) is 79.0 Å². The topological polar surface area (TPSA) is 0 Å². The average molecular weight is 925 g/mol. The summed E-state index contributed by atoms with van der Waals surface area (Å²) in [5.74, 6) is 1.23. The zero-order valence-electron chi connectivity index (χ0n) is 35.0. The molecule has 0 saturated heterocycles. The molecule has 0 aromatic rings. The summed E-state index contributed by atoms with van der Waals surface area (Å²) in [7, 11) is 0. The number of alkyl halides is 18. The molecule has 0 amide bonds. The van der Waals surface area contributed by atoms with Gasteiger partial charge in [0.1, 0.15) is 0 Å². The Bertz CT molecular complexity index is 1270. The Labute approximate surface area is 349 Å². The highest BCUT2D eigenvalue weighted by molar-refractivity contribution is 5.02. The molecule has 2 bridgehead atoms. The lowest BCUT2D eigenvalue weighted by Gasteiger charge is -2.49. The number of halogens is 18. The molecule has 0 aromatic heterocycles. The minimum atomic E-state index is -5.20. The monoisotopic (exact) mass is 924 g/mol. The quantitative estimate of drug-likeness (QED) is 0.212. The van der Waals surface area contributed by atoms with Crippen molar-refractivity contribution in [1.82, 2.24) is 0 Å². The van der Waals surface area contributed by atoms with E-state index in [1.165, 1.54) is 32.1 Å². The normalized spacial score (nSPS) is 30.6. The van der Waals surface area contributed by atoms with Crippen LogP contribution in [0.4, 0.5) is 79.0 Å². The van der Waals surface area contributed by atoms with Gasteiger partial charge in [0.05, 0.1) is 0 Å². The highest BCUT2D eigenvalue weighted by Gasteiger charge is 2.74. The molecule has 0 radical (unpaired) electrons. The van der Waals surface area contributed by atoms with E-state index in [9.17, 15) is 79.0 Å². The smallest absolute Gasteiger partial charge is 0.170 e. The summed E-state index contributed by atoms with van der Waals surface area (Å²) in [5.41, 5.74) is -9.96. The summed E-state index contributed by atoms with van der Waals surface area (Å²) in [6, 6.07) is 0. The van der Waals surface area contributed by atoms with Crippen LogP contribution in [-0.4, -0.2) is 37.1 Å². The molecule has 18 heteroatoms. The molecule has 0 heterocycles. The number of hydrogen-bond acceptors (Lipinski definition) is 0. The van der Waals surface area contributed by atoms with Gasteiger partial charge in [0.2, 0.25) is 0 Å². The molecule has 7 fully saturated rings. The van der Waals surface area contributed by atoms with Crippen LogP contribution in [0.1, 0.15) is 177 Å². The van der Waals surface area contributed by atoms with Crippen LogP contribution in [0.5, 0.6) is 0 Å². The van der Waals surface area contributed by atoms with Gasteiger partial charge < -0.3 is 0 Å². The van der Waals surface area contributed by atoms with Crippen LogP contribution in [0.25, 0.3) is 0 Å². The lowest BCUT2D eigenvalue weighted by Crippen LogP contribution is -2.55. The summed E-state index contributed by atoms with van der Waals surface area (Å²) < 4.78 is 229. The molecule has 61 heavy (non-hydrogen) atoms. The molecule has 0 aromatic carbocycles. The molecule has 7 aliphatic rings. The van der Waals surface area contributed by atoms with Crippen molar-refractivity contribution in [2.24, 2.45) is 56.7 Å². The van der Waals surface area contributed by atoms with Gasteiger partial charge >= 0.3 is 37.1 Å². The summed E-state index contributed by atoms with van der Waals surface area (Å²) in [5, 5.41) is 0. The Hall–Kier alpha value is -1.26. The molecule has 7 saturated carbocycles. The lowest BCUT2D eigenvalue weighted by atomic mass is 9.57. The van der Waals surface area contributed by atoms with Gasteiger partial charge in [-0.25, -0.2) is 0 Å². The fraction of sp³-hybridized carbons (Fsp3) is 1.00. The lowest BCUT2D eigenvalue weighted by molar-refractivity contribution is -0.364. The fourth-order valence-corrected chi connectivity index (χ4v) is 11.0. The van der Waals surface area contributed by atoms with Crippen LogP contribution in [-0.2, 0) is 0 Å². The van der Waals surface area contributed by atoms with Crippen LogP contribution in [0.3, 0.4) is 0 Å². The molecule has 0 unspecified atom stereocenters. The fourth-order valence-electron chi connectivity index (χ4n) is 11.0. The van der Waals surface area contributed by atoms with Crippen molar-refractivity contribution in [3.8, 4) is 0 Å². The molecule has 0 aliphatic heterocycles. The Kier molecular flexibility index (Phi) is 17.7. The van der Waals surface area contributed by atoms with Gasteiger partial charge in [0.25, 0.3) is 0 Å². The van der Waals surface area contributed by atoms with E-state index in [4.69, 9.17) is 0 Å². The molecule has 7 aliphatic carbocycles. The molecule has 2 atom stereocenters. The second-order valence-corrected chi connectivity index (χ2v) is 19.9. The maximum atomic E-state index is 13.0. The molecule has 1 spiro atoms. The van der Waals surface area contributed by atoms with Gasteiger partial charge in [0, 0.05) is 0 Å². The Balaban J connectivity index is 0.000000285. The maximum Gasteiger partial charge on any atom is 0.403 e. The molecule has 0 N–H and O–H groups in total. The first kappa shape index (κ1) is 55.9. The van der Waals surface area contributed by atoms with Crippen molar-refractivity contribution < 1.29 is 79.0 Å². The number of rotatable bonds is 0. The van der Waals surface area contributed by atoms with E-state index in [1.54, 1.807) is 6.92 Å². The van der Waals surface area contributed by atoms with Crippen molar-refractivity contribution in [2.45, 2.75) is 214 Å². The largest absolute Gasteiger partial charge is 0.403 e. The number of hydrogen-bond donors (Lipinski definition) is 0. The second-order valence-electron chi connectivity index (χ2n) is 19.9. The Morgan fingerprint density at radius 2 is 0.721 bits per heavy atom. The minimum absolute atomic E-state index is 0. The van der Waals surface area contributed by atoms with Crippen molar-refractivity contribution in [3.63, 3.8) is 0 Å². The third-order valence-corrected chi connectivity index (χ3v) is 16.2. The SMILES string of the molecule is C.CC1CCC(C(F)(F)F)(C(F)(F)F)CC1.CC1CCC2(CC1)CCC(C(F)(F)F)(C(F)(F)F)CC2.C[C@@H]1CCCCC1(C(F)(F)F)C(F)(F)F.C[C@H]1CC2CCC1(C)CC2. The molecule has 0 nitrogen and oxygen atoms in total. The van der Waals surface area contributed by atoms with Crippen LogP contribution >= 0.6 is 0 Å². The van der Waals surface area contributed by atoms with Crippen LogP contribution in [0, 0.1) is 56.7 Å². The molecular formula is C43H66F18. The Morgan fingerprint density at radius 1 is 0.361 bits per heavy atom. The van der Waals surface area contributed by atoms with E-state index in [0.29, 0.717) is 12.3 Å². The summed E-state index contributed by atoms with van der Waals surface area (Å²) >= 11 is 0. The van der Waals surface area contributed by atoms with E-state index >= 15 is 0 Å². The van der Waals surface area contributed by atoms with Gasteiger partial charge in [0.15, 0.2) is 16.2 Å². The van der Waals surface area contributed by atoms with Gasteiger partial charge in [-0.3, -0.25) is 0 Å². The first-order chi connectivity index (χ1) is 27.0. The molecule has 7 rings (SSSR count). The summed E-state index contributed by atoms with van der Waals surface area (Å²) in [6.45, 7) is 9.75. The predicted octanol–water partition coefficient (Wildman–Crippen LogP) is 18.3. The predicted molar refractivity (Wildman–Crippen MR) is 198 cm³/mol. The van der Waals surface area contributed by atoms with Crippen LogP contribution < -0.4 is 0 Å². The standard InChI is InChI=1S/C14H20F6.C10H18.2C9H12F6.CH4/c1-10-2-4-11(5-3-10)6-8-12(9-7-11,13(15,16)17)14(18,19)20;1-8-7-9-3-5-10(8,2)6-4-9;1-6-2-4-7(5-3-6,8(10,11)12)9(13,14)15;1-6-4-2-3-5-7(6,8(10,11)12)9(13,14)15;/h10H,2-9H2,1H3;8-9H,3-7H2,1-2H3;2*6H,2-5H2,1H3;1H4/t;8-,9?,10?;;6-;/m.0.1./s1. The zero-order chi connectivity index (χ0) is 46.2. The summed E-state index contributed by atoms with van der Waals surface area (Å²) in [6.07, 6.45) is -23.8. The Morgan fingerprint density at radius 3 is 1.00 bits per heavy atom. The average Bonchev–Trinajstić information content (AvgIpc) is 3.09. The first-order valence-electron chi connectivity index (χ1n) is 21.4. The van der Waals surface area contributed by atoms with Crippen molar-refractivity contribution in [2.75, 3.05) is 0 Å². The zero-order valence-corrected chi connectivity index (χ0v) is 35.0. The summed E-state index contributed by atoms with van der Waals surface area (Å²) in [4.78, 5) is 0. The third-order valence-electron chi connectivity index (χ3n) is 16.2. The van der Waals surface area contributed by atoms with Gasteiger partial charge in [-0.05, 0) is 150 Å². The molecular weight excluding hydrogens is 858 g/mol. The van der Waals surface area contributed by atoms with Crippen LogP contribution in [0.2, 0.25) is 0 Å². The van der Waals surface area contributed by atoms with Gasteiger partial charge in [-0.1, -0.05) is 67.7 Å². The van der Waals surface area contributed by atoms with E-state index in [2.05, 4.69) is 20.8 Å². The minimum Gasteiger partial charge on any atom is -0.170 e. The second kappa shape index (κ2) is 19.3. The van der Waals surface area contributed by atoms with E-state index in [1.807, 2.05) is 0 Å². The highest BCUT2D eigenvalue weighted by Crippen LogP contribution is 2.64. The van der Waals surface area contributed by atoms with E-state index in [0.717, 1.165) is 49.9 Å². The van der Waals surface area contributed by atoms with E-state index in [-0.39, 0.29) is 57.3 Å². The van der Waals surface area contributed by atoms with Crippen molar-refractivity contribution in [3.05, 3.63) is 0 Å². The highest BCUT2D eigenvalue weighted by atomic mass is 19.4. The number of fused-ring (bicyclic) bond motifs is 3. The van der Waals surface area contributed by atoms with Crippen LogP contribution in [0.15, 0.2) is 0 Å². The molecule has 364 valence electrons. The van der Waals surface area contributed by atoms with Crippen molar-refractivity contribution >= 4 is 0 Å². The maximum absolute atomic E-state index is 13.0. The van der Waals surface area contributed by atoms with Crippen molar-refractivity contribution in [1.29, 1.82) is 0 Å². The van der Waals surface area contributed by atoms with Gasteiger partial charge in [-0.15, -0.1) is 0 Å². The third kappa shape index (κ3) is 11.8.